The number of ketones is 1. The fraction of sp³-hybridized carbons (Fsp3) is 0.0833. The fourth-order valence-corrected chi connectivity index (χ4v) is 3.37. The lowest BCUT2D eigenvalue weighted by Crippen LogP contribution is -2.00. The first-order chi connectivity index (χ1) is 8.47. The van der Waals surface area contributed by atoms with Crippen LogP contribution in [0.25, 0.3) is 0 Å². The van der Waals surface area contributed by atoms with Crippen LogP contribution in [-0.2, 0) is 6.42 Å². The Balaban J connectivity index is 2.18. The van der Waals surface area contributed by atoms with E-state index in [0.29, 0.717) is 19.9 Å². The standard InChI is InChI=1S/C12H6BrCl3OS/c13-12-9(16)5-11(18-12)10(17)4-6-1-2-7(14)8(15)3-6/h1-3,5H,4H2. The summed E-state index contributed by atoms with van der Waals surface area (Å²) in [6.07, 6.45) is 0.278. The SMILES string of the molecule is O=C(Cc1ccc(Cl)c(Cl)c1)c1cc(Cl)c(Br)s1. The second kappa shape index (κ2) is 5.93. The van der Waals surface area contributed by atoms with E-state index in [1.54, 1.807) is 24.3 Å². The van der Waals surface area contributed by atoms with Crippen molar-refractivity contribution < 1.29 is 4.79 Å². The highest BCUT2D eigenvalue weighted by Crippen LogP contribution is 2.33. The monoisotopic (exact) mass is 382 g/mol. The van der Waals surface area contributed by atoms with Gasteiger partial charge in [-0.15, -0.1) is 11.3 Å². The van der Waals surface area contributed by atoms with Gasteiger partial charge >= 0.3 is 0 Å². The molecule has 0 atom stereocenters. The van der Waals surface area contributed by atoms with Crippen LogP contribution in [0.1, 0.15) is 15.2 Å². The summed E-state index contributed by atoms with van der Waals surface area (Å²) < 4.78 is 0.765. The van der Waals surface area contributed by atoms with Crippen LogP contribution in [-0.4, -0.2) is 5.78 Å². The largest absolute Gasteiger partial charge is 0.293 e. The number of carbonyl (C=O) groups excluding carboxylic acids is 1. The molecule has 0 saturated carbocycles. The van der Waals surface area contributed by atoms with Crippen LogP contribution < -0.4 is 0 Å². The highest BCUT2D eigenvalue weighted by molar-refractivity contribution is 9.11. The van der Waals surface area contributed by atoms with Crippen LogP contribution >= 0.6 is 62.1 Å². The molecule has 0 spiro atoms. The minimum absolute atomic E-state index is 0.00555. The number of rotatable bonds is 3. The van der Waals surface area contributed by atoms with Crippen LogP contribution in [0.2, 0.25) is 15.1 Å². The minimum atomic E-state index is 0.00555. The van der Waals surface area contributed by atoms with Gasteiger partial charge in [0, 0.05) is 6.42 Å². The van der Waals surface area contributed by atoms with Gasteiger partial charge in [0.25, 0.3) is 0 Å². The van der Waals surface area contributed by atoms with E-state index in [1.807, 2.05) is 0 Å². The van der Waals surface area contributed by atoms with Gasteiger partial charge in [-0.2, -0.15) is 0 Å². The average Bonchev–Trinajstić information content (AvgIpc) is 2.65. The molecular formula is C12H6BrCl3OS. The molecule has 1 nitrogen and oxygen atoms in total. The van der Waals surface area contributed by atoms with E-state index < -0.39 is 0 Å². The smallest absolute Gasteiger partial charge is 0.177 e. The highest BCUT2D eigenvalue weighted by Gasteiger charge is 2.13. The Kier molecular flexibility index (Phi) is 4.73. The molecule has 0 fully saturated rings. The van der Waals surface area contributed by atoms with E-state index in [0.717, 1.165) is 9.35 Å². The molecule has 94 valence electrons. The molecule has 0 amide bonds. The van der Waals surface area contributed by atoms with Gasteiger partial charge in [0.2, 0.25) is 0 Å². The number of benzene rings is 1. The molecule has 2 rings (SSSR count). The lowest BCUT2D eigenvalue weighted by atomic mass is 10.1. The zero-order valence-corrected chi connectivity index (χ0v) is 13.5. The second-order valence-electron chi connectivity index (χ2n) is 3.58. The first-order valence-electron chi connectivity index (χ1n) is 4.89. The molecule has 1 heterocycles. The number of halogens is 4. The van der Waals surface area contributed by atoms with Crippen LogP contribution in [0.4, 0.5) is 0 Å². The number of thiophene rings is 1. The van der Waals surface area contributed by atoms with Crippen molar-refractivity contribution >= 4 is 67.9 Å². The number of carbonyl (C=O) groups is 1. The average molecular weight is 385 g/mol. The van der Waals surface area contributed by atoms with Crippen molar-refractivity contribution in [3.05, 3.63) is 53.6 Å². The summed E-state index contributed by atoms with van der Waals surface area (Å²) in [6, 6.07) is 6.84. The van der Waals surface area contributed by atoms with Gasteiger partial charge in [0.1, 0.15) is 0 Å². The van der Waals surface area contributed by atoms with Gasteiger partial charge in [-0.25, -0.2) is 0 Å². The summed E-state index contributed by atoms with van der Waals surface area (Å²) in [5.74, 6) is 0.00555. The molecule has 0 aliphatic heterocycles. The Bertz CT molecular complexity index is 590. The Hall–Kier alpha value is -0.0600. The lowest BCUT2D eigenvalue weighted by Gasteiger charge is -2.01. The van der Waals surface area contributed by atoms with Crippen LogP contribution in [0, 0.1) is 0 Å². The maximum absolute atomic E-state index is 12.0. The molecule has 0 N–H and O–H groups in total. The van der Waals surface area contributed by atoms with Gasteiger partial charge in [-0.05, 0) is 39.7 Å². The van der Waals surface area contributed by atoms with Gasteiger partial charge < -0.3 is 0 Å². The maximum atomic E-state index is 12.0. The number of hydrogen-bond donors (Lipinski definition) is 0. The molecule has 0 aliphatic carbocycles. The van der Waals surface area contributed by atoms with E-state index in [-0.39, 0.29) is 12.2 Å². The lowest BCUT2D eigenvalue weighted by molar-refractivity contribution is 0.0997. The third-order valence-electron chi connectivity index (χ3n) is 2.27. The van der Waals surface area contributed by atoms with Gasteiger partial charge in [0.05, 0.1) is 23.7 Å². The van der Waals surface area contributed by atoms with E-state index in [9.17, 15) is 4.79 Å². The molecule has 0 saturated heterocycles. The van der Waals surface area contributed by atoms with Crippen LogP contribution in [0.5, 0.6) is 0 Å². The molecule has 2 aromatic rings. The first kappa shape index (κ1) is 14.4. The number of Topliss-reactive ketones (excluding diaryl/α,β-unsaturated/α-hetero) is 1. The molecule has 6 heteroatoms. The van der Waals surface area contributed by atoms with Crippen molar-refractivity contribution in [1.82, 2.24) is 0 Å². The fourth-order valence-electron chi connectivity index (χ4n) is 1.41. The summed E-state index contributed by atoms with van der Waals surface area (Å²) >= 11 is 22.2. The number of hydrogen-bond acceptors (Lipinski definition) is 2. The Morgan fingerprint density at radius 1 is 1.11 bits per heavy atom. The predicted octanol–water partition coefficient (Wildman–Crippen LogP) is 5.90. The summed E-state index contributed by atoms with van der Waals surface area (Å²) in [4.78, 5) is 12.7. The topological polar surface area (TPSA) is 17.1 Å². The Morgan fingerprint density at radius 2 is 1.83 bits per heavy atom. The molecule has 0 unspecified atom stereocenters. The predicted molar refractivity (Wildman–Crippen MR) is 81.5 cm³/mol. The third-order valence-corrected chi connectivity index (χ3v) is 5.52. The Labute approximate surface area is 132 Å². The van der Waals surface area contributed by atoms with Crippen LogP contribution in [0.15, 0.2) is 28.1 Å². The van der Waals surface area contributed by atoms with Crippen molar-refractivity contribution in [1.29, 1.82) is 0 Å². The maximum Gasteiger partial charge on any atom is 0.177 e. The van der Waals surface area contributed by atoms with Crippen molar-refractivity contribution in [2.45, 2.75) is 6.42 Å². The zero-order valence-electron chi connectivity index (χ0n) is 8.84. The van der Waals surface area contributed by atoms with Crippen molar-refractivity contribution in [2.24, 2.45) is 0 Å². The summed E-state index contributed by atoms with van der Waals surface area (Å²) in [5.41, 5.74) is 0.829. The van der Waals surface area contributed by atoms with Crippen molar-refractivity contribution in [2.75, 3.05) is 0 Å². The zero-order chi connectivity index (χ0) is 13.3. The summed E-state index contributed by atoms with van der Waals surface area (Å²) in [7, 11) is 0. The first-order valence-corrected chi connectivity index (χ1v) is 7.63. The van der Waals surface area contributed by atoms with Gasteiger partial charge in [0.15, 0.2) is 5.78 Å². The Morgan fingerprint density at radius 3 is 2.39 bits per heavy atom. The second-order valence-corrected chi connectivity index (χ2v) is 7.17. The van der Waals surface area contributed by atoms with Crippen LogP contribution in [0.3, 0.4) is 0 Å². The van der Waals surface area contributed by atoms with E-state index in [4.69, 9.17) is 34.8 Å². The molecule has 0 radical (unpaired) electrons. The normalized spacial score (nSPS) is 10.7. The molecule has 0 bridgehead atoms. The third kappa shape index (κ3) is 3.28. The van der Waals surface area contributed by atoms with E-state index >= 15 is 0 Å². The molecule has 1 aromatic carbocycles. The highest BCUT2D eigenvalue weighted by atomic mass is 79.9. The van der Waals surface area contributed by atoms with Crippen molar-refractivity contribution in [3.8, 4) is 0 Å². The molecule has 0 aliphatic rings. The summed E-state index contributed by atoms with van der Waals surface area (Å²) in [6.45, 7) is 0. The van der Waals surface area contributed by atoms with Gasteiger partial charge in [-0.3, -0.25) is 4.79 Å². The molecule has 1 aromatic heterocycles. The minimum Gasteiger partial charge on any atom is -0.293 e. The summed E-state index contributed by atoms with van der Waals surface area (Å²) in [5, 5.41) is 1.49. The molecule has 18 heavy (non-hydrogen) atoms. The van der Waals surface area contributed by atoms with E-state index in [1.165, 1.54) is 11.3 Å². The molecular weight excluding hydrogens is 378 g/mol. The van der Waals surface area contributed by atoms with Gasteiger partial charge in [-0.1, -0.05) is 40.9 Å². The van der Waals surface area contributed by atoms with Crippen molar-refractivity contribution in [3.63, 3.8) is 0 Å². The quantitative estimate of drug-likeness (QED) is 0.603. The van der Waals surface area contributed by atoms with E-state index in [2.05, 4.69) is 15.9 Å².